The van der Waals surface area contributed by atoms with Crippen LogP contribution in [-0.4, -0.2) is 17.2 Å². The van der Waals surface area contributed by atoms with Crippen LogP contribution >= 0.6 is 11.3 Å². The summed E-state index contributed by atoms with van der Waals surface area (Å²) in [5.41, 5.74) is 0.463. The van der Waals surface area contributed by atoms with Gasteiger partial charge in [-0.2, -0.15) is 0 Å². The number of hydrogen-bond donors (Lipinski definition) is 2. The molecular formula is C12H11NO3S. The molecule has 0 bridgehead atoms. The second-order valence-corrected chi connectivity index (χ2v) is 4.52. The fourth-order valence-corrected chi connectivity index (χ4v) is 2.25. The van der Waals surface area contributed by atoms with Gasteiger partial charge in [0.05, 0.1) is 16.3 Å². The number of ether oxygens (including phenoxy) is 1. The van der Waals surface area contributed by atoms with E-state index in [2.05, 4.69) is 11.6 Å². The predicted molar refractivity (Wildman–Crippen MR) is 67.9 cm³/mol. The fraction of sp³-hybridized carbons (Fsp3) is 0.0833. The lowest BCUT2D eigenvalue weighted by molar-refractivity contribution is 0.372. The summed E-state index contributed by atoms with van der Waals surface area (Å²) in [4.78, 5) is 14.1. The Morgan fingerprint density at radius 1 is 1.53 bits per heavy atom. The Balaban J connectivity index is 2.68. The molecule has 0 atom stereocenters. The number of para-hydroxylation sites is 1. The largest absolute Gasteiger partial charge is 0.504 e. The third kappa shape index (κ3) is 2.24. The van der Waals surface area contributed by atoms with Crippen LogP contribution in [0.5, 0.6) is 11.5 Å². The normalized spacial score (nSPS) is 11.7. The quantitative estimate of drug-likeness (QED) is 0.809. The number of aromatic amines is 1. The van der Waals surface area contributed by atoms with Crippen LogP contribution < -0.4 is 19.5 Å². The Morgan fingerprint density at radius 3 is 2.88 bits per heavy atom. The molecule has 5 heteroatoms. The monoisotopic (exact) mass is 249 g/mol. The molecule has 0 fully saturated rings. The summed E-state index contributed by atoms with van der Waals surface area (Å²) in [5.74, 6) is 0.398. The molecule has 0 radical (unpaired) electrons. The van der Waals surface area contributed by atoms with E-state index in [1.807, 2.05) is 0 Å². The molecule has 0 aliphatic rings. The first-order valence-electron chi connectivity index (χ1n) is 4.87. The summed E-state index contributed by atoms with van der Waals surface area (Å²) >= 11 is 1.26. The highest BCUT2D eigenvalue weighted by molar-refractivity contribution is 7.07. The Hall–Kier alpha value is -2.01. The number of nitrogens with one attached hydrogen (secondary N) is 1. The van der Waals surface area contributed by atoms with E-state index in [0.717, 1.165) is 0 Å². The van der Waals surface area contributed by atoms with E-state index in [-0.39, 0.29) is 11.3 Å². The molecule has 2 aromatic rings. The van der Waals surface area contributed by atoms with Crippen molar-refractivity contribution in [2.45, 2.75) is 0 Å². The molecule has 1 aromatic heterocycles. The topological polar surface area (TPSA) is 62.3 Å². The molecule has 0 spiro atoms. The van der Waals surface area contributed by atoms with Crippen molar-refractivity contribution in [1.82, 2.24) is 4.98 Å². The minimum absolute atomic E-state index is 0.0454. The highest BCUT2D eigenvalue weighted by Crippen LogP contribution is 2.29. The Morgan fingerprint density at radius 2 is 2.29 bits per heavy atom. The van der Waals surface area contributed by atoms with Crippen molar-refractivity contribution in [2.75, 3.05) is 7.11 Å². The van der Waals surface area contributed by atoms with Gasteiger partial charge in [0.25, 0.3) is 5.56 Å². The van der Waals surface area contributed by atoms with Crippen LogP contribution in [0.15, 0.2) is 23.0 Å². The maximum Gasteiger partial charge on any atom is 0.266 e. The Bertz CT molecular complexity index is 699. The third-order valence-electron chi connectivity index (χ3n) is 2.23. The van der Waals surface area contributed by atoms with Gasteiger partial charge >= 0.3 is 0 Å². The van der Waals surface area contributed by atoms with Crippen molar-refractivity contribution in [1.29, 1.82) is 0 Å². The van der Waals surface area contributed by atoms with Gasteiger partial charge in [-0.1, -0.05) is 18.7 Å². The molecule has 1 heterocycles. The zero-order valence-corrected chi connectivity index (χ0v) is 10.0. The molecule has 88 valence electrons. The second-order valence-electron chi connectivity index (χ2n) is 3.39. The van der Waals surface area contributed by atoms with Gasteiger partial charge in [0.2, 0.25) is 0 Å². The van der Waals surface area contributed by atoms with Gasteiger partial charge in [-0.3, -0.25) is 4.79 Å². The first-order valence-corrected chi connectivity index (χ1v) is 5.69. The molecule has 2 rings (SSSR count). The predicted octanol–water partition coefficient (Wildman–Crippen LogP) is 0.390. The van der Waals surface area contributed by atoms with Gasteiger partial charge in [0.15, 0.2) is 11.5 Å². The fourth-order valence-electron chi connectivity index (χ4n) is 1.51. The lowest BCUT2D eigenvalue weighted by atomic mass is 10.2. The number of phenols is 1. The number of hydrogen-bond acceptors (Lipinski definition) is 4. The maximum absolute atomic E-state index is 11.5. The number of aromatic hydroxyl groups is 1. The second kappa shape index (κ2) is 4.47. The number of aromatic nitrogens is 1. The van der Waals surface area contributed by atoms with Crippen LogP contribution in [-0.2, 0) is 0 Å². The molecule has 0 saturated carbocycles. The molecule has 4 nitrogen and oxygen atoms in total. The Labute approximate surface area is 101 Å². The summed E-state index contributed by atoms with van der Waals surface area (Å²) in [6, 6.07) is 4.98. The van der Waals surface area contributed by atoms with E-state index in [1.165, 1.54) is 24.5 Å². The summed E-state index contributed by atoms with van der Waals surface area (Å²) < 4.78 is 6.21. The number of rotatable bonds is 2. The third-order valence-corrected chi connectivity index (χ3v) is 3.10. The minimum atomic E-state index is -0.189. The van der Waals surface area contributed by atoms with Gasteiger partial charge in [-0.25, -0.2) is 0 Å². The first kappa shape index (κ1) is 11.5. The van der Waals surface area contributed by atoms with Gasteiger partial charge in [0, 0.05) is 5.56 Å². The lowest BCUT2D eigenvalue weighted by Gasteiger charge is -2.05. The van der Waals surface area contributed by atoms with Gasteiger partial charge in [-0.15, -0.1) is 11.3 Å². The number of benzene rings is 1. The zero-order valence-electron chi connectivity index (χ0n) is 9.19. The average molecular weight is 249 g/mol. The van der Waals surface area contributed by atoms with Crippen LogP contribution in [0, 0.1) is 0 Å². The van der Waals surface area contributed by atoms with Crippen molar-refractivity contribution in [2.24, 2.45) is 0 Å². The van der Waals surface area contributed by atoms with Crippen molar-refractivity contribution in [3.63, 3.8) is 0 Å². The average Bonchev–Trinajstić information content (AvgIpc) is 2.58. The van der Waals surface area contributed by atoms with Crippen LogP contribution in [0.4, 0.5) is 0 Å². The molecule has 17 heavy (non-hydrogen) atoms. The molecule has 1 aromatic carbocycles. The van der Waals surface area contributed by atoms with Crippen molar-refractivity contribution < 1.29 is 9.84 Å². The van der Waals surface area contributed by atoms with Crippen LogP contribution in [0.2, 0.25) is 0 Å². The number of thiazole rings is 1. The van der Waals surface area contributed by atoms with E-state index in [9.17, 15) is 9.90 Å². The molecule has 0 aliphatic carbocycles. The highest BCUT2D eigenvalue weighted by Gasteiger charge is 2.05. The van der Waals surface area contributed by atoms with Crippen molar-refractivity contribution in [3.8, 4) is 11.5 Å². The number of methoxy groups -OCH3 is 1. The number of phenolic OH excluding ortho intramolecular Hbond substituents is 1. The van der Waals surface area contributed by atoms with Gasteiger partial charge < -0.3 is 14.8 Å². The smallest absolute Gasteiger partial charge is 0.266 e. The maximum atomic E-state index is 11.5. The van der Waals surface area contributed by atoms with Crippen LogP contribution in [0.3, 0.4) is 0 Å². The molecule has 0 unspecified atom stereocenters. The number of H-pyrrole nitrogens is 1. The SMILES string of the molecule is C=c1[nH]c(=O)/c(=C/c2cccc(O)c2OC)s1. The summed E-state index contributed by atoms with van der Waals surface area (Å²) in [5, 5.41) is 9.60. The summed E-state index contributed by atoms with van der Waals surface area (Å²) in [7, 11) is 1.47. The first-order chi connectivity index (χ1) is 8.11. The van der Waals surface area contributed by atoms with Crippen molar-refractivity contribution >= 4 is 24.0 Å². The van der Waals surface area contributed by atoms with Gasteiger partial charge in [-0.05, 0) is 12.1 Å². The van der Waals surface area contributed by atoms with E-state index < -0.39 is 0 Å². The minimum Gasteiger partial charge on any atom is -0.504 e. The zero-order chi connectivity index (χ0) is 12.4. The van der Waals surface area contributed by atoms with E-state index in [0.29, 0.717) is 20.5 Å². The van der Waals surface area contributed by atoms with Crippen LogP contribution in [0.25, 0.3) is 12.7 Å². The van der Waals surface area contributed by atoms with E-state index in [4.69, 9.17) is 4.74 Å². The molecule has 0 aliphatic heterocycles. The van der Waals surface area contributed by atoms with Gasteiger partial charge in [0.1, 0.15) is 0 Å². The lowest BCUT2D eigenvalue weighted by Crippen LogP contribution is -2.19. The van der Waals surface area contributed by atoms with E-state index >= 15 is 0 Å². The highest BCUT2D eigenvalue weighted by atomic mass is 32.1. The Kier molecular flexibility index (Phi) is 3.01. The molecule has 0 amide bonds. The molecule has 0 saturated heterocycles. The molecule has 2 N–H and O–H groups in total. The van der Waals surface area contributed by atoms with Crippen LogP contribution in [0.1, 0.15) is 5.56 Å². The summed E-state index contributed by atoms with van der Waals surface area (Å²) in [6.45, 7) is 3.67. The van der Waals surface area contributed by atoms with E-state index in [1.54, 1.807) is 18.2 Å². The summed E-state index contributed by atoms with van der Waals surface area (Å²) in [6.07, 6.45) is 1.66. The molecular weight excluding hydrogens is 238 g/mol. The standard InChI is InChI=1S/C12H11NO3S/c1-7-13-12(15)10(17-7)6-8-4-3-5-9(14)11(8)16-2/h3-6,14H,1H2,2H3,(H,13,15)/b10-6-. The van der Waals surface area contributed by atoms with Crippen molar-refractivity contribution in [3.05, 3.63) is 43.3 Å².